The van der Waals surface area contributed by atoms with E-state index in [9.17, 15) is 9.59 Å². The number of hydrogen-bond acceptors (Lipinski definition) is 2. The van der Waals surface area contributed by atoms with Crippen LogP contribution < -0.4 is 0 Å². The molecule has 0 atom stereocenters. The Morgan fingerprint density at radius 2 is 1.15 bits per heavy atom. The number of hydrogen-bond donors (Lipinski definition) is 2. The van der Waals surface area contributed by atoms with E-state index in [1.807, 2.05) is 0 Å². The summed E-state index contributed by atoms with van der Waals surface area (Å²) in [6, 6.07) is 0. The van der Waals surface area contributed by atoms with Gasteiger partial charge in [0.2, 0.25) is 4.33 Å². The Kier molecular flexibility index (Phi) is 10.9. The van der Waals surface area contributed by atoms with Gasteiger partial charge in [0.1, 0.15) is 0 Å². The number of rotatable bonds is 13. The minimum Gasteiger partial charge on any atom is -0.481 e. The zero-order valence-electron chi connectivity index (χ0n) is 11.7. The van der Waals surface area contributed by atoms with Gasteiger partial charge in [-0.2, -0.15) is 0 Å². The predicted octanol–water partition coefficient (Wildman–Crippen LogP) is 4.62. The molecule has 0 saturated carbocycles. The summed E-state index contributed by atoms with van der Waals surface area (Å²) < 4.78 is -1.65. The third-order valence-corrected chi connectivity index (χ3v) is 3.90. The zero-order valence-corrected chi connectivity index (χ0v) is 13.3. The molecule has 4 nitrogen and oxygen atoms in total. The van der Waals surface area contributed by atoms with Crippen molar-refractivity contribution >= 4 is 35.1 Å². The number of alkyl halides is 2. The Morgan fingerprint density at radius 3 is 1.55 bits per heavy atom. The highest BCUT2D eigenvalue weighted by atomic mass is 35.5. The van der Waals surface area contributed by atoms with Crippen molar-refractivity contribution in [3.05, 3.63) is 0 Å². The molecule has 0 aliphatic heterocycles. The van der Waals surface area contributed by atoms with Crippen molar-refractivity contribution in [1.29, 1.82) is 0 Å². The molecule has 0 bridgehead atoms. The number of carbonyl (C=O) groups is 2. The fraction of sp³-hybridized carbons (Fsp3) is 0.857. The summed E-state index contributed by atoms with van der Waals surface area (Å²) in [6.07, 6.45) is 9.46. The number of aliphatic carboxylic acids is 2. The fourth-order valence-corrected chi connectivity index (χ4v) is 2.23. The van der Waals surface area contributed by atoms with Gasteiger partial charge in [0, 0.05) is 6.42 Å². The van der Waals surface area contributed by atoms with Crippen LogP contribution in [0.5, 0.6) is 0 Å². The van der Waals surface area contributed by atoms with E-state index in [0.29, 0.717) is 0 Å². The van der Waals surface area contributed by atoms with Crippen LogP contribution in [0.3, 0.4) is 0 Å². The van der Waals surface area contributed by atoms with Crippen LogP contribution in [0.15, 0.2) is 0 Å². The van der Waals surface area contributed by atoms with Crippen molar-refractivity contribution in [2.75, 3.05) is 0 Å². The number of carboxylic acid groups (broad SMARTS) is 2. The second-order valence-electron chi connectivity index (χ2n) is 5.09. The van der Waals surface area contributed by atoms with E-state index >= 15 is 0 Å². The molecule has 0 spiro atoms. The van der Waals surface area contributed by atoms with Crippen molar-refractivity contribution in [2.24, 2.45) is 0 Å². The van der Waals surface area contributed by atoms with E-state index in [2.05, 4.69) is 0 Å². The van der Waals surface area contributed by atoms with Crippen LogP contribution in [0.2, 0.25) is 0 Å². The Labute approximate surface area is 130 Å². The van der Waals surface area contributed by atoms with Crippen molar-refractivity contribution in [3.8, 4) is 0 Å². The molecule has 0 amide bonds. The second kappa shape index (κ2) is 11.2. The van der Waals surface area contributed by atoms with Crippen molar-refractivity contribution < 1.29 is 19.8 Å². The molecule has 0 aliphatic carbocycles. The largest absolute Gasteiger partial charge is 0.481 e. The molecule has 0 radical (unpaired) electrons. The van der Waals surface area contributed by atoms with Gasteiger partial charge in [0.05, 0.1) is 0 Å². The lowest BCUT2D eigenvalue weighted by molar-refractivity contribution is -0.138. The first-order valence-electron chi connectivity index (χ1n) is 7.19. The highest BCUT2D eigenvalue weighted by molar-refractivity contribution is 6.57. The topological polar surface area (TPSA) is 74.6 Å². The van der Waals surface area contributed by atoms with Crippen LogP contribution >= 0.6 is 23.2 Å². The summed E-state index contributed by atoms with van der Waals surface area (Å²) in [6.45, 7) is 0. The molecule has 0 unspecified atom stereocenters. The fourth-order valence-electron chi connectivity index (χ4n) is 1.97. The molecule has 2 N–H and O–H groups in total. The quantitative estimate of drug-likeness (QED) is 0.382. The molecule has 0 aromatic heterocycles. The van der Waals surface area contributed by atoms with Crippen LogP contribution in [-0.2, 0) is 9.59 Å². The summed E-state index contributed by atoms with van der Waals surface area (Å²) in [5, 5.41) is 17.2. The van der Waals surface area contributed by atoms with Crippen molar-refractivity contribution in [1.82, 2.24) is 0 Å². The van der Waals surface area contributed by atoms with Gasteiger partial charge in [0.15, 0.2) is 0 Å². The molecule has 20 heavy (non-hydrogen) atoms. The molecule has 0 saturated heterocycles. The molecule has 0 heterocycles. The van der Waals surface area contributed by atoms with Crippen LogP contribution in [-0.4, -0.2) is 26.5 Å². The van der Waals surface area contributed by atoms with E-state index in [1.165, 1.54) is 0 Å². The maximum absolute atomic E-state index is 10.7. The second-order valence-corrected chi connectivity index (χ2v) is 6.57. The molecular formula is C14H24Cl2O4. The standard InChI is InChI=1S/C14H24Cl2O4/c15-14(16,13(19)20)11-9-7-5-3-1-2-4-6-8-10-12(17)18/h1-11H2,(H,17,18)(H,19,20). The average Bonchev–Trinajstić information content (AvgIpc) is 2.35. The van der Waals surface area contributed by atoms with Crippen molar-refractivity contribution in [3.63, 3.8) is 0 Å². The van der Waals surface area contributed by atoms with Crippen LogP contribution in [0.1, 0.15) is 70.6 Å². The van der Waals surface area contributed by atoms with Gasteiger partial charge in [0.25, 0.3) is 0 Å². The minimum absolute atomic E-state index is 0.266. The SMILES string of the molecule is O=C(O)CCCCCCCCCCCC(Cl)(Cl)C(=O)O. The molecular weight excluding hydrogens is 303 g/mol. The lowest BCUT2D eigenvalue weighted by atomic mass is 10.0. The number of unbranched alkanes of at least 4 members (excludes halogenated alkanes) is 8. The highest BCUT2D eigenvalue weighted by Crippen LogP contribution is 2.28. The van der Waals surface area contributed by atoms with Crippen LogP contribution in [0.4, 0.5) is 0 Å². The Morgan fingerprint density at radius 1 is 0.750 bits per heavy atom. The molecule has 118 valence electrons. The van der Waals surface area contributed by atoms with Gasteiger partial charge < -0.3 is 10.2 Å². The first kappa shape index (κ1) is 19.5. The predicted molar refractivity (Wildman–Crippen MR) is 80.5 cm³/mol. The maximum atomic E-state index is 10.7. The van der Waals surface area contributed by atoms with E-state index in [0.717, 1.165) is 57.8 Å². The molecule has 0 rings (SSSR count). The summed E-state index contributed by atoms with van der Waals surface area (Å²) in [5.41, 5.74) is 0. The normalized spacial score (nSPS) is 11.5. The lowest BCUT2D eigenvalue weighted by Gasteiger charge is -2.13. The Balaban J connectivity index is 3.25. The molecule has 6 heteroatoms. The van der Waals surface area contributed by atoms with E-state index in [4.69, 9.17) is 33.4 Å². The number of carboxylic acids is 2. The van der Waals surface area contributed by atoms with E-state index in [1.54, 1.807) is 0 Å². The lowest BCUT2D eigenvalue weighted by Crippen LogP contribution is -2.25. The third kappa shape index (κ3) is 11.4. The van der Waals surface area contributed by atoms with Gasteiger partial charge in [-0.3, -0.25) is 4.79 Å². The van der Waals surface area contributed by atoms with Crippen LogP contribution in [0.25, 0.3) is 0 Å². The van der Waals surface area contributed by atoms with E-state index < -0.39 is 16.3 Å². The summed E-state index contributed by atoms with van der Waals surface area (Å²) in [7, 11) is 0. The molecule has 0 aromatic rings. The van der Waals surface area contributed by atoms with Gasteiger partial charge in [-0.1, -0.05) is 68.1 Å². The van der Waals surface area contributed by atoms with E-state index in [-0.39, 0.29) is 12.8 Å². The first-order chi connectivity index (χ1) is 9.36. The maximum Gasteiger partial charge on any atom is 0.340 e. The number of halogens is 2. The Bertz CT molecular complexity index is 293. The van der Waals surface area contributed by atoms with Gasteiger partial charge in [-0.05, 0) is 19.3 Å². The summed E-state index contributed by atoms with van der Waals surface area (Å²) in [4.78, 5) is 20.9. The minimum atomic E-state index is -1.65. The zero-order chi connectivity index (χ0) is 15.4. The molecule has 0 aromatic carbocycles. The average molecular weight is 327 g/mol. The van der Waals surface area contributed by atoms with Crippen LogP contribution in [0, 0.1) is 0 Å². The first-order valence-corrected chi connectivity index (χ1v) is 7.95. The molecule has 0 fully saturated rings. The highest BCUT2D eigenvalue weighted by Gasteiger charge is 2.32. The Hall–Kier alpha value is -0.480. The summed E-state index contributed by atoms with van der Waals surface area (Å²) in [5.74, 6) is -1.90. The third-order valence-electron chi connectivity index (χ3n) is 3.19. The smallest absolute Gasteiger partial charge is 0.340 e. The van der Waals surface area contributed by atoms with Gasteiger partial charge in [-0.15, -0.1) is 0 Å². The van der Waals surface area contributed by atoms with Crippen molar-refractivity contribution in [2.45, 2.75) is 75.0 Å². The summed E-state index contributed by atoms with van der Waals surface area (Å²) >= 11 is 11.3. The van der Waals surface area contributed by atoms with Gasteiger partial charge in [-0.25, -0.2) is 4.79 Å². The monoisotopic (exact) mass is 326 g/mol. The molecule has 0 aliphatic rings. The van der Waals surface area contributed by atoms with Gasteiger partial charge >= 0.3 is 11.9 Å².